The van der Waals surface area contributed by atoms with Gasteiger partial charge in [0.25, 0.3) is 10.2 Å². The van der Waals surface area contributed by atoms with Gasteiger partial charge in [-0.1, -0.05) is 6.92 Å². The van der Waals surface area contributed by atoms with Gasteiger partial charge in [-0.3, -0.25) is 0 Å². The minimum atomic E-state index is -3.27. The van der Waals surface area contributed by atoms with Crippen molar-refractivity contribution < 1.29 is 8.42 Å². The molecule has 4 nitrogen and oxygen atoms in total. The average Bonchev–Trinajstić information content (AvgIpc) is 2.04. The van der Waals surface area contributed by atoms with Gasteiger partial charge < -0.3 is 0 Å². The normalized spacial score (nSPS) is 11.1. The van der Waals surface area contributed by atoms with Gasteiger partial charge in [0.2, 0.25) is 0 Å². The molecule has 0 heterocycles. The molecule has 0 atom stereocenters. The highest BCUT2D eigenvalue weighted by Crippen LogP contribution is 1.91. The molecule has 0 aromatic carbocycles. The summed E-state index contributed by atoms with van der Waals surface area (Å²) in [6, 6.07) is 0. The van der Waals surface area contributed by atoms with Crippen molar-refractivity contribution in [1.82, 2.24) is 9.44 Å². The Morgan fingerprint density at radius 2 is 2.00 bits per heavy atom. The molecular weight excluding hydrogens is 188 g/mol. The fourth-order valence-corrected chi connectivity index (χ4v) is 1.69. The molecule has 76 valence electrons. The van der Waals surface area contributed by atoms with Gasteiger partial charge in [-0.05, 0) is 12.8 Å². The Hall–Kier alpha value is -0.570. The molecule has 5 heteroatoms. The molecule has 0 saturated heterocycles. The van der Waals surface area contributed by atoms with Gasteiger partial charge in [0.15, 0.2) is 0 Å². The maximum absolute atomic E-state index is 11.0. The number of rotatable bonds is 7. The van der Waals surface area contributed by atoms with Crippen molar-refractivity contribution in [1.29, 1.82) is 0 Å². The van der Waals surface area contributed by atoms with Crippen molar-refractivity contribution in [2.45, 2.75) is 26.2 Å². The number of hydrogen-bond donors (Lipinski definition) is 2. The van der Waals surface area contributed by atoms with E-state index in [2.05, 4.69) is 15.4 Å². The van der Waals surface area contributed by atoms with E-state index in [0.717, 1.165) is 12.8 Å². The van der Waals surface area contributed by atoms with Crippen molar-refractivity contribution in [3.63, 3.8) is 0 Å². The third kappa shape index (κ3) is 7.78. The van der Waals surface area contributed by atoms with E-state index in [9.17, 15) is 8.42 Å². The summed E-state index contributed by atoms with van der Waals surface area (Å²) in [6.45, 7) is 2.58. The Morgan fingerprint density at radius 3 is 2.54 bits per heavy atom. The van der Waals surface area contributed by atoms with Crippen LogP contribution in [0.15, 0.2) is 0 Å². The Balaban J connectivity index is 3.48. The SMILES string of the molecule is C#CCCCCNS(=O)(=O)NCC. The zero-order chi connectivity index (χ0) is 10.2. The summed E-state index contributed by atoms with van der Waals surface area (Å²) in [7, 11) is -3.27. The predicted molar refractivity (Wildman–Crippen MR) is 53.3 cm³/mol. The molecule has 0 fully saturated rings. The van der Waals surface area contributed by atoms with Gasteiger partial charge in [0, 0.05) is 19.5 Å². The molecule has 0 saturated carbocycles. The van der Waals surface area contributed by atoms with E-state index in [1.807, 2.05) is 0 Å². The lowest BCUT2D eigenvalue weighted by molar-refractivity contribution is 0.565. The monoisotopic (exact) mass is 204 g/mol. The topological polar surface area (TPSA) is 58.2 Å². The molecule has 0 aromatic heterocycles. The fraction of sp³-hybridized carbons (Fsp3) is 0.750. The van der Waals surface area contributed by atoms with Crippen molar-refractivity contribution in [2.24, 2.45) is 0 Å². The first-order valence-electron chi connectivity index (χ1n) is 4.30. The molecule has 0 aliphatic carbocycles. The largest absolute Gasteiger partial charge is 0.276 e. The standard InChI is InChI=1S/C8H16N2O2S/c1-3-5-6-7-8-10-13(11,12)9-4-2/h1,9-10H,4-8H2,2H3. The van der Waals surface area contributed by atoms with Gasteiger partial charge >= 0.3 is 0 Å². The van der Waals surface area contributed by atoms with Gasteiger partial charge in [-0.25, -0.2) is 9.44 Å². The zero-order valence-corrected chi connectivity index (χ0v) is 8.65. The molecule has 0 aromatic rings. The van der Waals surface area contributed by atoms with Crippen LogP contribution in [0, 0.1) is 12.3 Å². The molecule has 0 aliphatic rings. The summed E-state index contributed by atoms with van der Waals surface area (Å²) in [4.78, 5) is 0. The molecule has 0 rings (SSSR count). The molecule has 0 amide bonds. The first kappa shape index (κ1) is 12.4. The van der Waals surface area contributed by atoms with Crippen molar-refractivity contribution in [3.8, 4) is 12.3 Å². The van der Waals surface area contributed by atoms with Crippen LogP contribution in [-0.4, -0.2) is 21.5 Å². The molecule has 13 heavy (non-hydrogen) atoms. The van der Waals surface area contributed by atoms with Crippen LogP contribution >= 0.6 is 0 Å². The number of terminal acetylenes is 1. The van der Waals surface area contributed by atoms with Gasteiger partial charge in [0.05, 0.1) is 0 Å². The van der Waals surface area contributed by atoms with E-state index in [0.29, 0.717) is 19.5 Å². The first-order chi connectivity index (χ1) is 6.12. The highest BCUT2D eigenvalue weighted by atomic mass is 32.2. The molecule has 0 radical (unpaired) electrons. The quantitative estimate of drug-likeness (QED) is 0.461. The van der Waals surface area contributed by atoms with Crippen LogP contribution in [0.25, 0.3) is 0 Å². The summed E-state index contributed by atoms with van der Waals surface area (Å²) in [6.07, 6.45) is 7.37. The maximum atomic E-state index is 11.0. The Kier molecular flexibility index (Phi) is 6.59. The lowest BCUT2D eigenvalue weighted by atomic mass is 10.2. The second kappa shape index (κ2) is 6.89. The lowest BCUT2D eigenvalue weighted by Crippen LogP contribution is -2.36. The van der Waals surface area contributed by atoms with Gasteiger partial charge in [0.1, 0.15) is 0 Å². The summed E-state index contributed by atoms with van der Waals surface area (Å²) in [5, 5.41) is 0. The van der Waals surface area contributed by atoms with Crippen LogP contribution in [0.5, 0.6) is 0 Å². The first-order valence-corrected chi connectivity index (χ1v) is 5.78. The Morgan fingerprint density at radius 1 is 1.31 bits per heavy atom. The molecule has 0 aliphatic heterocycles. The minimum Gasteiger partial charge on any atom is -0.203 e. The van der Waals surface area contributed by atoms with Crippen LogP contribution < -0.4 is 9.44 Å². The van der Waals surface area contributed by atoms with E-state index >= 15 is 0 Å². The van der Waals surface area contributed by atoms with Crippen LogP contribution in [0.3, 0.4) is 0 Å². The number of nitrogens with one attached hydrogen (secondary N) is 2. The van der Waals surface area contributed by atoms with Crippen LogP contribution in [0.2, 0.25) is 0 Å². The van der Waals surface area contributed by atoms with Gasteiger partial charge in [-0.15, -0.1) is 12.3 Å². The molecule has 0 spiro atoms. The zero-order valence-electron chi connectivity index (χ0n) is 7.84. The predicted octanol–water partition coefficient (Wildman–Crippen LogP) is 0.234. The van der Waals surface area contributed by atoms with Gasteiger partial charge in [-0.2, -0.15) is 8.42 Å². The lowest BCUT2D eigenvalue weighted by Gasteiger charge is -2.05. The summed E-state index contributed by atoms with van der Waals surface area (Å²) in [5.74, 6) is 2.50. The Bertz CT molecular complexity index is 254. The number of unbranched alkanes of at least 4 members (excludes halogenated alkanes) is 2. The van der Waals surface area contributed by atoms with Crippen LogP contribution in [-0.2, 0) is 10.2 Å². The number of hydrogen-bond acceptors (Lipinski definition) is 2. The van der Waals surface area contributed by atoms with Crippen molar-refractivity contribution >= 4 is 10.2 Å². The smallest absolute Gasteiger partial charge is 0.203 e. The van der Waals surface area contributed by atoms with E-state index in [-0.39, 0.29) is 0 Å². The summed E-state index contributed by atoms with van der Waals surface area (Å²) in [5.41, 5.74) is 0. The second-order valence-corrected chi connectivity index (χ2v) is 4.14. The molecular formula is C8H16N2O2S. The van der Waals surface area contributed by atoms with E-state index in [1.54, 1.807) is 6.92 Å². The Labute approximate surface area is 80.3 Å². The third-order valence-electron chi connectivity index (χ3n) is 1.37. The van der Waals surface area contributed by atoms with Crippen molar-refractivity contribution in [3.05, 3.63) is 0 Å². The minimum absolute atomic E-state index is 0.402. The highest BCUT2D eigenvalue weighted by molar-refractivity contribution is 7.87. The fourth-order valence-electron chi connectivity index (χ4n) is 0.800. The maximum Gasteiger partial charge on any atom is 0.276 e. The average molecular weight is 204 g/mol. The van der Waals surface area contributed by atoms with Crippen LogP contribution in [0.1, 0.15) is 26.2 Å². The van der Waals surface area contributed by atoms with E-state index < -0.39 is 10.2 Å². The highest BCUT2D eigenvalue weighted by Gasteiger charge is 2.04. The van der Waals surface area contributed by atoms with Crippen LogP contribution in [0.4, 0.5) is 0 Å². The molecule has 0 unspecified atom stereocenters. The van der Waals surface area contributed by atoms with Crippen molar-refractivity contribution in [2.75, 3.05) is 13.1 Å². The van der Waals surface area contributed by atoms with E-state index in [4.69, 9.17) is 6.42 Å². The third-order valence-corrected chi connectivity index (χ3v) is 2.63. The summed E-state index contributed by atoms with van der Waals surface area (Å²) < 4.78 is 26.7. The molecule has 0 bridgehead atoms. The van der Waals surface area contributed by atoms with E-state index in [1.165, 1.54) is 0 Å². The molecule has 2 N–H and O–H groups in total. The second-order valence-electron chi connectivity index (χ2n) is 2.56. The summed E-state index contributed by atoms with van der Waals surface area (Å²) >= 11 is 0.